The van der Waals surface area contributed by atoms with E-state index in [0.717, 1.165) is 25.7 Å². The summed E-state index contributed by atoms with van der Waals surface area (Å²) in [5, 5.41) is 13.2. The second-order valence-electron chi connectivity index (χ2n) is 5.27. The van der Waals surface area contributed by atoms with Gasteiger partial charge in [-0.3, -0.25) is 9.59 Å². The predicted molar refractivity (Wildman–Crippen MR) is 62.8 cm³/mol. The first kappa shape index (κ1) is 13.5. The van der Waals surface area contributed by atoms with Gasteiger partial charge >= 0.3 is 11.8 Å². The Morgan fingerprint density at radius 2 is 2.12 bits per heavy atom. The molecule has 0 aromatic heterocycles. The molecule has 0 aromatic carbocycles. The lowest BCUT2D eigenvalue weighted by molar-refractivity contribution is -0.139. The number of amides is 2. The van der Waals surface area contributed by atoms with Gasteiger partial charge < -0.3 is 10.6 Å². The van der Waals surface area contributed by atoms with Gasteiger partial charge in [0.1, 0.15) is 6.54 Å². The van der Waals surface area contributed by atoms with Gasteiger partial charge in [-0.1, -0.05) is 20.3 Å². The van der Waals surface area contributed by atoms with Gasteiger partial charge in [0.05, 0.1) is 6.07 Å². The standard InChI is InChI=1S/C12H19N3O2/c1-12(2)5-3-4-9(8-12)15-11(17)10(16)14-7-6-13/h9H,3-5,7-8H2,1-2H3,(H,14,16)(H,15,17). The molecule has 1 atom stereocenters. The van der Waals surface area contributed by atoms with Crippen LogP contribution in [0.25, 0.3) is 0 Å². The number of nitrogens with zero attached hydrogens (tertiary/aromatic N) is 1. The van der Waals surface area contributed by atoms with Crippen LogP contribution in [0.2, 0.25) is 0 Å². The molecule has 1 saturated carbocycles. The molecule has 0 aliphatic heterocycles. The second-order valence-corrected chi connectivity index (χ2v) is 5.27. The van der Waals surface area contributed by atoms with Crippen molar-refractivity contribution in [2.24, 2.45) is 5.41 Å². The molecule has 0 heterocycles. The van der Waals surface area contributed by atoms with Crippen molar-refractivity contribution in [1.29, 1.82) is 5.26 Å². The Labute approximate surface area is 102 Å². The molecule has 0 radical (unpaired) electrons. The molecule has 5 nitrogen and oxygen atoms in total. The number of hydrogen-bond donors (Lipinski definition) is 2. The molecule has 5 heteroatoms. The molecule has 2 amide bonds. The lowest BCUT2D eigenvalue weighted by Crippen LogP contribution is -2.47. The van der Waals surface area contributed by atoms with Crippen LogP contribution in [0.1, 0.15) is 39.5 Å². The van der Waals surface area contributed by atoms with Crippen LogP contribution < -0.4 is 10.6 Å². The molecule has 1 fully saturated rings. The van der Waals surface area contributed by atoms with Crippen molar-refractivity contribution in [3.05, 3.63) is 0 Å². The van der Waals surface area contributed by atoms with Crippen LogP contribution in [0.3, 0.4) is 0 Å². The summed E-state index contributed by atoms with van der Waals surface area (Å²) in [6.45, 7) is 4.20. The lowest BCUT2D eigenvalue weighted by Gasteiger charge is -2.35. The second kappa shape index (κ2) is 5.67. The molecule has 94 valence electrons. The molecule has 17 heavy (non-hydrogen) atoms. The number of carbonyl (C=O) groups is 2. The average molecular weight is 237 g/mol. The Morgan fingerprint density at radius 1 is 1.41 bits per heavy atom. The van der Waals surface area contributed by atoms with Gasteiger partial charge in [-0.2, -0.15) is 5.26 Å². The topological polar surface area (TPSA) is 82.0 Å². The number of carbonyl (C=O) groups excluding carboxylic acids is 2. The summed E-state index contributed by atoms with van der Waals surface area (Å²) in [6, 6.07) is 1.83. The molecule has 1 aliphatic rings. The van der Waals surface area contributed by atoms with Crippen LogP contribution in [-0.4, -0.2) is 24.4 Å². The summed E-state index contributed by atoms with van der Waals surface area (Å²) in [5.74, 6) is -1.36. The van der Waals surface area contributed by atoms with Crippen molar-refractivity contribution < 1.29 is 9.59 Å². The molecule has 1 aliphatic carbocycles. The summed E-state index contributed by atoms with van der Waals surface area (Å²) < 4.78 is 0. The van der Waals surface area contributed by atoms with E-state index >= 15 is 0 Å². The Balaban J connectivity index is 2.41. The van der Waals surface area contributed by atoms with Crippen molar-refractivity contribution >= 4 is 11.8 Å². The van der Waals surface area contributed by atoms with Crippen LogP contribution >= 0.6 is 0 Å². The lowest BCUT2D eigenvalue weighted by atomic mass is 9.75. The Bertz CT molecular complexity index is 344. The first-order chi connectivity index (χ1) is 7.94. The Morgan fingerprint density at radius 3 is 2.71 bits per heavy atom. The number of nitriles is 1. The fourth-order valence-electron chi connectivity index (χ4n) is 2.27. The molecule has 1 rings (SSSR count). The first-order valence-corrected chi connectivity index (χ1v) is 5.90. The zero-order chi connectivity index (χ0) is 12.9. The third-order valence-electron chi connectivity index (χ3n) is 3.07. The van der Waals surface area contributed by atoms with Crippen molar-refractivity contribution in [2.75, 3.05) is 6.54 Å². The van der Waals surface area contributed by atoms with Crippen molar-refractivity contribution in [1.82, 2.24) is 10.6 Å². The third kappa shape index (κ3) is 4.43. The highest BCUT2D eigenvalue weighted by Crippen LogP contribution is 2.34. The van der Waals surface area contributed by atoms with Crippen LogP contribution in [0.15, 0.2) is 0 Å². The van der Waals surface area contributed by atoms with E-state index in [1.165, 1.54) is 0 Å². The molecule has 0 saturated heterocycles. The van der Waals surface area contributed by atoms with Gasteiger partial charge in [0.2, 0.25) is 0 Å². The summed E-state index contributed by atoms with van der Waals surface area (Å²) in [4.78, 5) is 22.8. The fraction of sp³-hybridized carbons (Fsp3) is 0.750. The van der Waals surface area contributed by atoms with E-state index in [4.69, 9.17) is 5.26 Å². The minimum atomic E-state index is -0.727. The van der Waals surface area contributed by atoms with Crippen LogP contribution in [0.4, 0.5) is 0 Å². The molecule has 1 unspecified atom stereocenters. The Hall–Kier alpha value is -1.57. The van der Waals surface area contributed by atoms with Gasteiger partial charge in [-0.15, -0.1) is 0 Å². The number of rotatable bonds is 2. The molecule has 2 N–H and O–H groups in total. The SMILES string of the molecule is CC1(C)CCCC(NC(=O)C(=O)NCC#N)C1. The van der Waals surface area contributed by atoms with Gasteiger partial charge in [0, 0.05) is 6.04 Å². The van der Waals surface area contributed by atoms with E-state index in [-0.39, 0.29) is 18.0 Å². The molecular formula is C12H19N3O2. The molecule has 0 aromatic rings. The maximum absolute atomic E-state index is 11.5. The maximum Gasteiger partial charge on any atom is 0.310 e. The van der Waals surface area contributed by atoms with Crippen molar-refractivity contribution in [2.45, 2.75) is 45.6 Å². The van der Waals surface area contributed by atoms with Gasteiger partial charge in [-0.25, -0.2) is 0 Å². The number of hydrogen-bond acceptors (Lipinski definition) is 3. The van der Waals surface area contributed by atoms with Crippen molar-refractivity contribution in [3.63, 3.8) is 0 Å². The van der Waals surface area contributed by atoms with E-state index in [2.05, 4.69) is 24.5 Å². The smallest absolute Gasteiger partial charge is 0.310 e. The highest BCUT2D eigenvalue weighted by molar-refractivity contribution is 6.35. The highest BCUT2D eigenvalue weighted by atomic mass is 16.2. The summed E-state index contributed by atoms with van der Waals surface area (Å²) in [6.07, 6.45) is 4.03. The largest absolute Gasteiger partial charge is 0.345 e. The van der Waals surface area contributed by atoms with Gasteiger partial charge in [0.25, 0.3) is 0 Å². The van der Waals surface area contributed by atoms with Gasteiger partial charge in [-0.05, 0) is 24.7 Å². The summed E-state index contributed by atoms with van der Waals surface area (Å²) in [5.41, 5.74) is 0.222. The van der Waals surface area contributed by atoms with Crippen LogP contribution in [0.5, 0.6) is 0 Å². The van der Waals surface area contributed by atoms with Gasteiger partial charge in [0.15, 0.2) is 0 Å². The minimum absolute atomic E-state index is 0.0686. The quantitative estimate of drug-likeness (QED) is 0.548. The fourth-order valence-corrected chi connectivity index (χ4v) is 2.27. The summed E-state index contributed by atoms with van der Waals surface area (Å²) in [7, 11) is 0. The van der Waals surface area contributed by atoms with E-state index in [1.54, 1.807) is 6.07 Å². The highest BCUT2D eigenvalue weighted by Gasteiger charge is 2.29. The first-order valence-electron chi connectivity index (χ1n) is 5.90. The van der Waals surface area contributed by atoms with Crippen molar-refractivity contribution in [3.8, 4) is 6.07 Å². The van der Waals surface area contributed by atoms with Crippen LogP contribution in [0, 0.1) is 16.7 Å². The van der Waals surface area contributed by atoms with E-state index in [9.17, 15) is 9.59 Å². The molecular weight excluding hydrogens is 218 g/mol. The zero-order valence-electron chi connectivity index (χ0n) is 10.4. The van der Waals surface area contributed by atoms with E-state index in [1.807, 2.05) is 0 Å². The molecule has 0 spiro atoms. The monoisotopic (exact) mass is 237 g/mol. The normalized spacial score (nSPS) is 22.3. The zero-order valence-corrected chi connectivity index (χ0v) is 10.4. The van der Waals surface area contributed by atoms with E-state index < -0.39 is 11.8 Å². The van der Waals surface area contributed by atoms with Crippen LogP contribution in [-0.2, 0) is 9.59 Å². The predicted octanol–water partition coefficient (Wildman–Crippen LogP) is 0.711. The Kier molecular flexibility index (Phi) is 4.50. The number of nitrogens with one attached hydrogen (secondary N) is 2. The third-order valence-corrected chi connectivity index (χ3v) is 3.07. The summed E-state index contributed by atoms with van der Waals surface area (Å²) >= 11 is 0. The average Bonchev–Trinajstić information content (AvgIpc) is 2.24. The van der Waals surface area contributed by atoms with E-state index in [0.29, 0.717) is 0 Å². The minimum Gasteiger partial charge on any atom is -0.345 e. The molecule has 0 bridgehead atoms. The maximum atomic E-state index is 11.5.